The third-order valence-corrected chi connectivity index (χ3v) is 7.20. The molecule has 11 nitrogen and oxygen atoms in total. The first-order chi connectivity index (χ1) is 17.4. The Balaban J connectivity index is 1.14. The van der Waals surface area contributed by atoms with Crippen molar-refractivity contribution in [2.45, 2.75) is 31.7 Å². The van der Waals surface area contributed by atoms with E-state index in [9.17, 15) is 14.4 Å². The van der Waals surface area contributed by atoms with Crippen LogP contribution in [-0.2, 0) is 19.1 Å². The van der Waals surface area contributed by atoms with Gasteiger partial charge < -0.3 is 35.2 Å². The maximum Gasteiger partial charge on any atom is 0.317 e. The van der Waals surface area contributed by atoms with Crippen molar-refractivity contribution < 1.29 is 23.9 Å². The van der Waals surface area contributed by atoms with Crippen molar-refractivity contribution in [1.82, 2.24) is 15.1 Å². The van der Waals surface area contributed by atoms with Gasteiger partial charge in [0.25, 0.3) is 5.91 Å². The van der Waals surface area contributed by atoms with Gasteiger partial charge in [0, 0.05) is 56.6 Å². The molecule has 2 aliphatic heterocycles. The molecule has 4 N–H and O–H groups in total. The van der Waals surface area contributed by atoms with Gasteiger partial charge in [-0.05, 0) is 49.9 Å². The molecule has 0 unspecified atom stereocenters. The minimum absolute atomic E-state index is 0.0358. The molecule has 3 aliphatic rings. The average Bonchev–Trinajstić information content (AvgIpc) is 2.92. The van der Waals surface area contributed by atoms with Crippen LogP contribution in [0.25, 0.3) is 0 Å². The van der Waals surface area contributed by atoms with Crippen LogP contribution in [0.3, 0.4) is 0 Å². The number of nitrogen functional groups attached to an aromatic ring is 1. The van der Waals surface area contributed by atoms with Crippen molar-refractivity contribution in [2.24, 2.45) is 11.7 Å². The molecule has 0 spiro atoms. The van der Waals surface area contributed by atoms with Gasteiger partial charge in [-0.1, -0.05) is 0 Å². The summed E-state index contributed by atoms with van der Waals surface area (Å²) in [6, 6.07) is 7.55. The van der Waals surface area contributed by atoms with Gasteiger partial charge in [-0.2, -0.15) is 0 Å². The van der Waals surface area contributed by atoms with Gasteiger partial charge in [-0.25, -0.2) is 4.79 Å². The summed E-state index contributed by atoms with van der Waals surface area (Å²) in [5.74, 6) is -0.684. The Kier molecular flexibility index (Phi) is 8.63. The van der Waals surface area contributed by atoms with E-state index in [1.807, 2.05) is 29.2 Å². The number of anilines is 1. The molecule has 2 saturated heterocycles. The molecule has 0 aromatic heterocycles. The van der Waals surface area contributed by atoms with Crippen LogP contribution in [-0.4, -0.2) is 98.7 Å². The highest BCUT2D eigenvalue weighted by atomic mass is 16.5. The number of carbonyl (C=O) groups excluding carboxylic acids is 3. The molecule has 3 amide bonds. The van der Waals surface area contributed by atoms with Crippen LogP contribution < -0.4 is 16.0 Å². The first-order valence-electron chi connectivity index (χ1n) is 12.7. The number of nitrogens with zero attached hydrogens (tertiary/aromatic N) is 3. The molecule has 1 saturated carbocycles. The number of hydrogen-bond donors (Lipinski definition) is 3. The summed E-state index contributed by atoms with van der Waals surface area (Å²) in [7, 11) is 0. The highest BCUT2D eigenvalue weighted by molar-refractivity contribution is 5.95. The van der Waals surface area contributed by atoms with E-state index < -0.39 is 0 Å². The second-order valence-corrected chi connectivity index (χ2v) is 9.53. The summed E-state index contributed by atoms with van der Waals surface area (Å²) in [5, 5.41) is 10.6. The zero-order chi connectivity index (χ0) is 25.5. The van der Waals surface area contributed by atoms with Crippen LogP contribution in [0, 0.1) is 11.3 Å². The van der Waals surface area contributed by atoms with Crippen LogP contribution >= 0.6 is 0 Å². The SMILES string of the molecule is N=C(N)c1ccc(N2CCN(C(=O)NC3CCC(C(=O)OCC(=O)N4CCOCC4)CC3)CC2)cc1. The predicted molar refractivity (Wildman–Crippen MR) is 134 cm³/mol. The van der Waals surface area contributed by atoms with Crippen LogP contribution in [0.15, 0.2) is 24.3 Å². The van der Waals surface area contributed by atoms with Crippen LogP contribution in [0.4, 0.5) is 10.5 Å². The molecular formula is C25H36N6O5. The standard InChI is InChI=1S/C25H36N6O5/c26-23(27)18-3-7-21(8-4-18)29-9-11-31(12-10-29)25(34)28-20-5-1-19(2-6-20)24(33)36-17-22(32)30-13-15-35-16-14-30/h3-4,7-8,19-20H,1-2,5-6,9-17H2,(H3,26,27)(H,28,34). The number of ether oxygens (including phenoxy) is 2. The van der Waals surface area contributed by atoms with Crippen molar-refractivity contribution in [2.75, 3.05) is 64.0 Å². The van der Waals surface area contributed by atoms with Crippen LogP contribution in [0.2, 0.25) is 0 Å². The third kappa shape index (κ3) is 6.66. The summed E-state index contributed by atoms with van der Waals surface area (Å²) >= 11 is 0. The molecule has 11 heteroatoms. The largest absolute Gasteiger partial charge is 0.455 e. The van der Waals surface area contributed by atoms with Crippen LogP contribution in [0.5, 0.6) is 0 Å². The highest BCUT2D eigenvalue weighted by Crippen LogP contribution is 2.26. The fourth-order valence-electron chi connectivity index (χ4n) is 4.91. The number of morpholine rings is 1. The number of amides is 3. The minimum atomic E-state index is -0.325. The van der Waals surface area contributed by atoms with Gasteiger partial charge in [0.1, 0.15) is 5.84 Å². The summed E-state index contributed by atoms with van der Waals surface area (Å²) in [6.07, 6.45) is 2.70. The fourth-order valence-corrected chi connectivity index (χ4v) is 4.91. The van der Waals surface area contributed by atoms with E-state index >= 15 is 0 Å². The van der Waals surface area contributed by atoms with Crippen molar-refractivity contribution in [3.05, 3.63) is 29.8 Å². The first kappa shape index (κ1) is 25.7. The van der Waals surface area contributed by atoms with E-state index in [0.717, 1.165) is 18.8 Å². The topological polar surface area (TPSA) is 141 Å². The molecule has 1 aromatic rings. The van der Waals surface area contributed by atoms with Crippen molar-refractivity contribution in [3.8, 4) is 0 Å². The van der Waals surface area contributed by atoms with Gasteiger partial charge in [-0.3, -0.25) is 15.0 Å². The van der Waals surface area contributed by atoms with Gasteiger partial charge in [0.15, 0.2) is 6.61 Å². The smallest absolute Gasteiger partial charge is 0.317 e. The maximum atomic E-state index is 12.8. The number of urea groups is 1. The lowest BCUT2D eigenvalue weighted by Gasteiger charge is -2.37. The van der Waals surface area contributed by atoms with E-state index in [1.54, 1.807) is 4.90 Å². The van der Waals surface area contributed by atoms with E-state index in [2.05, 4.69) is 10.2 Å². The zero-order valence-corrected chi connectivity index (χ0v) is 20.6. The van der Waals surface area contributed by atoms with Gasteiger partial charge >= 0.3 is 12.0 Å². The number of rotatable bonds is 6. The fraction of sp³-hybridized carbons (Fsp3) is 0.600. The lowest BCUT2D eigenvalue weighted by molar-refractivity contribution is -0.157. The number of esters is 1. The molecule has 1 aromatic carbocycles. The van der Waals surface area contributed by atoms with Gasteiger partial charge in [0.2, 0.25) is 0 Å². The second kappa shape index (κ2) is 12.1. The molecule has 0 atom stereocenters. The summed E-state index contributed by atoms with van der Waals surface area (Å²) < 4.78 is 10.5. The van der Waals surface area contributed by atoms with Crippen LogP contribution in [0.1, 0.15) is 31.2 Å². The Bertz CT molecular complexity index is 933. The Labute approximate surface area is 211 Å². The Hall–Kier alpha value is -3.34. The van der Waals surface area contributed by atoms with E-state index in [4.69, 9.17) is 20.6 Å². The van der Waals surface area contributed by atoms with Crippen molar-refractivity contribution in [3.63, 3.8) is 0 Å². The average molecular weight is 501 g/mol. The lowest BCUT2D eigenvalue weighted by Crippen LogP contribution is -2.54. The first-order valence-corrected chi connectivity index (χ1v) is 12.7. The monoisotopic (exact) mass is 500 g/mol. The normalized spacial score (nSPS) is 22.6. The number of carbonyl (C=O) groups is 3. The Morgan fingerprint density at radius 1 is 0.944 bits per heavy atom. The number of hydrogen-bond acceptors (Lipinski definition) is 7. The molecular weight excluding hydrogens is 464 g/mol. The minimum Gasteiger partial charge on any atom is -0.455 e. The number of amidine groups is 1. The molecule has 2 heterocycles. The number of nitrogens with one attached hydrogen (secondary N) is 2. The second-order valence-electron chi connectivity index (χ2n) is 9.53. The van der Waals surface area contributed by atoms with E-state index in [1.165, 1.54) is 0 Å². The molecule has 4 rings (SSSR count). The molecule has 36 heavy (non-hydrogen) atoms. The van der Waals surface area contributed by atoms with Gasteiger partial charge in [-0.15, -0.1) is 0 Å². The molecule has 196 valence electrons. The van der Waals surface area contributed by atoms with E-state index in [0.29, 0.717) is 70.6 Å². The summed E-state index contributed by atoms with van der Waals surface area (Å²) in [5.41, 5.74) is 7.27. The van der Waals surface area contributed by atoms with Gasteiger partial charge in [0.05, 0.1) is 19.1 Å². The molecule has 0 radical (unpaired) electrons. The maximum absolute atomic E-state index is 12.8. The van der Waals surface area contributed by atoms with Crippen molar-refractivity contribution >= 4 is 29.4 Å². The summed E-state index contributed by atoms with van der Waals surface area (Å²) in [6.45, 7) is 4.58. The number of piperazine rings is 1. The predicted octanol–water partition coefficient (Wildman–Crippen LogP) is 0.763. The Morgan fingerprint density at radius 2 is 1.58 bits per heavy atom. The molecule has 1 aliphatic carbocycles. The molecule has 3 fully saturated rings. The highest BCUT2D eigenvalue weighted by Gasteiger charge is 2.30. The zero-order valence-electron chi connectivity index (χ0n) is 20.6. The lowest BCUT2D eigenvalue weighted by atomic mass is 9.86. The van der Waals surface area contributed by atoms with Crippen molar-refractivity contribution in [1.29, 1.82) is 5.41 Å². The Morgan fingerprint density at radius 3 is 2.19 bits per heavy atom. The van der Waals surface area contributed by atoms with E-state index in [-0.39, 0.29) is 42.3 Å². The quantitative estimate of drug-likeness (QED) is 0.297. The number of benzene rings is 1. The molecule has 0 bridgehead atoms. The third-order valence-electron chi connectivity index (χ3n) is 7.20. The number of nitrogens with two attached hydrogens (primary N) is 1. The summed E-state index contributed by atoms with van der Waals surface area (Å²) in [4.78, 5) is 43.1.